The summed E-state index contributed by atoms with van der Waals surface area (Å²) in [5.41, 5.74) is 4.72. The minimum absolute atomic E-state index is 0.0810. The van der Waals surface area contributed by atoms with E-state index < -0.39 is 5.92 Å². The number of nitrogens with zero attached hydrogens (tertiary/aromatic N) is 1. The normalized spacial score (nSPS) is 17.0. The monoisotopic (exact) mass is 421 g/mol. The van der Waals surface area contributed by atoms with Gasteiger partial charge in [-0.3, -0.25) is 14.4 Å². The third kappa shape index (κ3) is 5.32. The molecule has 0 spiro atoms. The predicted molar refractivity (Wildman–Crippen MR) is 123 cm³/mol. The van der Waals surface area contributed by atoms with Crippen LogP contribution >= 0.6 is 0 Å². The van der Waals surface area contributed by atoms with E-state index in [0.717, 1.165) is 11.1 Å². The fourth-order valence-corrected chi connectivity index (χ4v) is 3.89. The van der Waals surface area contributed by atoms with Crippen molar-refractivity contribution in [1.82, 2.24) is 5.32 Å². The largest absolute Gasteiger partial charge is 0.349 e. The van der Waals surface area contributed by atoms with Gasteiger partial charge in [-0.1, -0.05) is 43.7 Å². The van der Waals surface area contributed by atoms with Gasteiger partial charge in [0.1, 0.15) is 0 Å². The molecule has 3 rings (SSSR count). The van der Waals surface area contributed by atoms with E-state index in [9.17, 15) is 14.4 Å². The third-order valence-electron chi connectivity index (χ3n) is 5.70. The minimum Gasteiger partial charge on any atom is -0.349 e. The van der Waals surface area contributed by atoms with E-state index >= 15 is 0 Å². The van der Waals surface area contributed by atoms with Gasteiger partial charge < -0.3 is 15.5 Å². The van der Waals surface area contributed by atoms with Crippen molar-refractivity contribution < 1.29 is 14.4 Å². The van der Waals surface area contributed by atoms with Crippen molar-refractivity contribution in [2.45, 2.75) is 47.1 Å². The SMILES string of the molecule is Cc1ccc(C(C)NC(=O)C2CC(=O)N(c3cccc(NC(=O)C(C)C)c3)C2)c(C)c1. The quantitative estimate of drug-likeness (QED) is 0.736. The standard InChI is InChI=1S/C25H31N3O3/c1-15(2)24(30)27-20-7-6-8-21(13-20)28-14-19(12-23(28)29)25(31)26-18(5)22-10-9-16(3)11-17(22)4/h6-11,13,15,18-19H,12,14H2,1-5H3,(H,26,31)(H,27,30). The van der Waals surface area contributed by atoms with Gasteiger partial charge in [-0.2, -0.15) is 0 Å². The molecule has 0 aliphatic carbocycles. The van der Waals surface area contributed by atoms with Crippen LogP contribution in [-0.4, -0.2) is 24.3 Å². The third-order valence-corrected chi connectivity index (χ3v) is 5.70. The second-order valence-electron chi connectivity index (χ2n) is 8.69. The van der Waals surface area contributed by atoms with Crippen LogP contribution in [-0.2, 0) is 14.4 Å². The van der Waals surface area contributed by atoms with Crippen LogP contribution in [0.25, 0.3) is 0 Å². The Hall–Kier alpha value is -3.15. The Morgan fingerprint density at radius 3 is 2.48 bits per heavy atom. The summed E-state index contributed by atoms with van der Waals surface area (Å²) in [4.78, 5) is 39.1. The number of aryl methyl sites for hydroxylation is 2. The van der Waals surface area contributed by atoms with Crippen LogP contribution in [0, 0.1) is 25.7 Å². The molecule has 0 saturated carbocycles. The molecule has 1 fully saturated rings. The molecule has 0 bridgehead atoms. The van der Waals surface area contributed by atoms with E-state index in [2.05, 4.69) is 16.7 Å². The van der Waals surface area contributed by atoms with E-state index in [1.54, 1.807) is 23.1 Å². The Labute approximate surface area is 184 Å². The first kappa shape index (κ1) is 22.5. The first-order chi connectivity index (χ1) is 14.7. The van der Waals surface area contributed by atoms with Crippen molar-refractivity contribution in [2.75, 3.05) is 16.8 Å². The van der Waals surface area contributed by atoms with Gasteiger partial charge in [0.2, 0.25) is 17.7 Å². The molecule has 6 heteroatoms. The summed E-state index contributed by atoms with van der Waals surface area (Å²) in [6, 6.07) is 13.2. The Morgan fingerprint density at radius 2 is 1.81 bits per heavy atom. The summed E-state index contributed by atoms with van der Waals surface area (Å²) in [6.45, 7) is 10.0. The number of carbonyl (C=O) groups is 3. The topological polar surface area (TPSA) is 78.5 Å². The summed E-state index contributed by atoms with van der Waals surface area (Å²) in [6.07, 6.45) is 0.175. The molecule has 3 amide bonds. The minimum atomic E-state index is -0.408. The van der Waals surface area contributed by atoms with Gasteiger partial charge in [0.15, 0.2) is 0 Å². The summed E-state index contributed by atoms with van der Waals surface area (Å²) >= 11 is 0. The van der Waals surface area contributed by atoms with Crippen molar-refractivity contribution in [1.29, 1.82) is 0 Å². The number of hydrogen-bond acceptors (Lipinski definition) is 3. The van der Waals surface area contributed by atoms with Crippen molar-refractivity contribution in [2.24, 2.45) is 11.8 Å². The molecule has 164 valence electrons. The lowest BCUT2D eigenvalue weighted by Gasteiger charge is -2.20. The Bertz CT molecular complexity index is 999. The number of hydrogen-bond donors (Lipinski definition) is 2. The van der Waals surface area contributed by atoms with Gasteiger partial charge in [-0.25, -0.2) is 0 Å². The number of amides is 3. The first-order valence-corrected chi connectivity index (χ1v) is 10.7. The molecule has 1 saturated heterocycles. The van der Waals surface area contributed by atoms with Crippen LogP contribution in [0.1, 0.15) is 49.9 Å². The number of nitrogens with one attached hydrogen (secondary N) is 2. The molecule has 1 aliphatic rings. The van der Waals surface area contributed by atoms with Crippen LogP contribution in [0.5, 0.6) is 0 Å². The molecule has 0 aromatic heterocycles. The Morgan fingerprint density at radius 1 is 1.06 bits per heavy atom. The summed E-state index contributed by atoms with van der Waals surface area (Å²) in [7, 11) is 0. The maximum atomic E-state index is 12.9. The zero-order chi connectivity index (χ0) is 22.7. The lowest BCUT2D eigenvalue weighted by molar-refractivity contribution is -0.126. The highest BCUT2D eigenvalue weighted by Gasteiger charge is 2.35. The van der Waals surface area contributed by atoms with Crippen LogP contribution in [0.2, 0.25) is 0 Å². The number of anilines is 2. The number of carbonyl (C=O) groups excluding carboxylic acids is 3. The molecule has 2 atom stereocenters. The molecular formula is C25H31N3O3. The molecular weight excluding hydrogens is 390 g/mol. The van der Waals surface area contributed by atoms with Crippen LogP contribution < -0.4 is 15.5 Å². The molecule has 6 nitrogen and oxygen atoms in total. The molecule has 2 N–H and O–H groups in total. The first-order valence-electron chi connectivity index (χ1n) is 10.7. The predicted octanol–water partition coefficient (Wildman–Crippen LogP) is 4.13. The maximum absolute atomic E-state index is 12.9. The molecule has 31 heavy (non-hydrogen) atoms. The average Bonchev–Trinajstić information content (AvgIpc) is 3.09. The van der Waals surface area contributed by atoms with Crippen molar-refractivity contribution >= 4 is 29.1 Å². The van der Waals surface area contributed by atoms with E-state index in [0.29, 0.717) is 17.9 Å². The van der Waals surface area contributed by atoms with Gasteiger partial charge in [-0.05, 0) is 50.1 Å². The van der Waals surface area contributed by atoms with Crippen LogP contribution in [0.15, 0.2) is 42.5 Å². The number of benzene rings is 2. The van der Waals surface area contributed by atoms with Gasteiger partial charge in [-0.15, -0.1) is 0 Å². The lowest BCUT2D eigenvalue weighted by atomic mass is 9.99. The highest BCUT2D eigenvalue weighted by molar-refractivity contribution is 6.01. The highest BCUT2D eigenvalue weighted by Crippen LogP contribution is 2.28. The van der Waals surface area contributed by atoms with Crippen molar-refractivity contribution in [3.8, 4) is 0 Å². The van der Waals surface area contributed by atoms with Crippen molar-refractivity contribution in [3.63, 3.8) is 0 Å². The smallest absolute Gasteiger partial charge is 0.227 e. The number of rotatable bonds is 6. The van der Waals surface area contributed by atoms with E-state index in [4.69, 9.17) is 0 Å². The Kier molecular flexibility index (Phi) is 6.78. The highest BCUT2D eigenvalue weighted by atomic mass is 16.2. The van der Waals surface area contributed by atoms with E-state index in [1.807, 2.05) is 52.8 Å². The second kappa shape index (κ2) is 9.33. The molecule has 1 aliphatic heterocycles. The maximum Gasteiger partial charge on any atom is 0.227 e. The lowest BCUT2D eigenvalue weighted by Crippen LogP contribution is -2.34. The fourth-order valence-electron chi connectivity index (χ4n) is 3.89. The Balaban J connectivity index is 1.67. The van der Waals surface area contributed by atoms with E-state index in [-0.39, 0.29) is 36.1 Å². The van der Waals surface area contributed by atoms with Gasteiger partial charge in [0.05, 0.1) is 12.0 Å². The fraction of sp³-hybridized carbons (Fsp3) is 0.400. The summed E-state index contributed by atoms with van der Waals surface area (Å²) in [5.74, 6) is -0.833. The molecule has 0 radical (unpaired) electrons. The summed E-state index contributed by atoms with van der Waals surface area (Å²) in [5, 5.41) is 5.92. The van der Waals surface area contributed by atoms with Crippen LogP contribution in [0.4, 0.5) is 11.4 Å². The zero-order valence-corrected chi connectivity index (χ0v) is 18.9. The second-order valence-corrected chi connectivity index (χ2v) is 8.69. The molecule has 2 aromatic carbocycles. The van der Waals surface area contributed by atoms with E-state index in [1.165, 1.54) is 5.56 Å². The van der Waals surface area contributed by atoms with Crippen LogP contribution in [0.3, 0.4) is 0 Å². The zero-order valence-electron chi connectivity index (χ0n) is 18.9. The van der Waals surface area contributed by atoms with Gasteiger partial charge >= 0.3 is 0 Å². The van der Waals surface area contributed by atoms with Crippen molar-refractivity contribution in [3.05, 3.63) is 59.2 Å². The molecule has 2 aromatic rings. The van der Waals surface area contributed by atoms with Gasteiger partial charge in [0, 0.05) is 30.3 Å². The van der Waals surface area contributed by atoms with Gasteiger partial charge in [0.25, 0.3) is 0 Å². The molecule has 2 unspecified atom stereocenters. The average molecular weight is 422 g/mol. The molecule has 1 heterocycles. The summed E-state index contributed by atoms with van der Waals surface area (Å²) < 4.78 is 0.